The first-order chi connectivity index (χ1) is 18.2. The van der Waals surface area contributed by atoms with Gasteiger partial charge >= 0.3 is 0 Å². The topological polar surface area (TPSA) is 0 Å². The van der Waals surface area contributed by atoms with Crippen molar-refractivity contribution in [2.75, 3.05) is 5.75 Å². The molecule has 0 spiro atoms. The molecule has 0 aliphatic rings. The van der Waals surface area contributed by atoms with Gasteiger partial charge in [-0.2, -0.15) is 0 Å². The molecule has 1 heteroatoms. The van der Waals surface area contributed by atoms with Crippen LogP contribution >= 0.6 is 11.8 Å². The van der Waals surface area contributed by atoms with Gasteiger partial charge in [0.05, 0.1) is 0 Å². The molecule has 0 unspecified atom stereocenters. The summed E-state index contributed by atoms with van der Waals surface area (Å²) < 4.78 is 0. The van der Waals surface area contributed by atoms with Gasteiger partial charge in [0.1, 0.15) is 0 Å². The minimum Gasteiger partial charge on any atom is -0.126 e. The Bertz CT molecular complexity index is 335. The predicted octanol–water partition coefficient (Wildman–Crippen LogP) is 15.2. The molecular formula is C36H80S. The summed E-state index contributed by atoms with van der Waals surface area (Å²) in [5.74, 6) is 1.09. The smallest absolute Gasteiger partial charge is 0.0157 e. The molecule has 230 valence electrons. The van der Waals surface area contributed by atoms with Crippen LogP contribution in [0.1, 0.15) is 158 Å². The molecule has 0 N–H and O–H groups in total. The quantitative estimate of drug-likeness (QED) is 0.236. The Balaban J connectivity index is -0.0000000256. The molecule has 0 radical (unpaired) electrons. The maximum absolute atomic E-state index is 4.00. The molecule has 0 heterocycles. The van der Waals surface area contributed by atoms with Crippen molar-refractivity contribution in [2.24, 2.45) is 0 Å². The summed E-state index contributed by atoms with van der Waals surface area (Å²) >= 11 is 1.91. The molecular weight excluding hydrogens is 464 g/mol. The molecule has 0 aromatic rings. The van der Waals surface area contributed by atoms with Crippen molar-refractivity contribution in [1.82, 2.24) is 0 Å². The largest absolute Gasteiger partial charge is 0.126 e. The summed E-state index contributed by atoms with van der Waals surface area (Å²) in [6.07, 6.45) is 29.2. The molecule has 0 nitrogen and oxygen atoms in total. The summed E-state index contributed by atoms with van der Waals surface area (Å²) in [5.41, 5.74) is 0. The second-order valence-electron chi connectivity index (χ2n) is 4.05. The lowest BCUT2D eigenvalue weighted by molar-refractivity contribution is 1.22. The van der Waals surface area contributed by atoms with E-state index in [1.807, 2.05) is 142 Å². The molecule has 0 aliphatic heterocycles. The SMILES string of the molecule is C#C.C/C=C\C.C/C=C\CS/C(=C/C)C/C=C\C.CC.CC.CC.CC.CC.CC.CC.CC=CCC. The summed E-state index contributed by atoms with van der Waals surface area (Å²) in [6.45, 7) is 42.4. The van der Waals surface area contributed by atoms with Gasteiger partial charge in [-0.05, 0) is 59.3 Å². The van der Waals surface area contributed by atoms with Crippen molar-refractivity contribution in [3.63, 3.8) is 0 Å². The fraction of sp³-hybridized carbons (Fsp3) is 0.667. The van der Waals surface area contributed by atoms with Crippen LogP contribution in [0.25, 0.3) is 0 Å². The van der Waals surface area contributed by atoms with E-state index in [9.17, 15) is 0 Å². The maximum Gasteiger partial charge on any atom is 0.0157 e. The van der Waals surface area contributed by atoms with E-state index in [4.69, 9.17) is 0 Å². The van der Waals surface area contributed by atoms with E-state index < -0.39 is 0 Å². The zero-order valence-electron chi connectivity index (χ0n) is 30.4. The number of hydrogen-bond donors (Lipinski definition) is 0. The van der Waals surface area contributed by atoms with Crippen molar-refractivity contribution in [1.29, 1.82) is 0 Å². The van der Waals surface area contributed by atoms with E-state index in [0.717, 1.165) is 18.6 Å². The van der Waals surface area contributed by atoms with E-state index >= 15 is 0 Å². The molecule has 0 aromatic carbocycles. The van der Waals surface area contributed by atoms with Crippen molar-refractivity contribution in [2.45, 2.75) is 158 Å². The zero-order valence-corrected chi connectivity index (χ0v) is 31.2. The Hall–Kier alpha value is -1.39. The standard InChI is InChI=1S/C11H18S.C5H10.C4H8.7C2H6.C2H2/c1-4-7-9-11(6-3)12-10-8-5-2;1-3-5-4-2;1-3-4-2;8*1-2/h4-8H,9-10H2,1-3H3;3,5H,4H2,1-2H3;3-4H,1-2H3;7*1-2H3;1-2H/b7-4-,8-5-,11-6+;;4-3-;;;;;;;;. The third-order valence-electron chi connectivity index (χ3n) is 2.28. The summed E-state index contributed by atoms with van der Waals surface area (Å²) in [4.78, 5) is 1.45. The van der Waals surface area contributed by atoms with Crippen molar-refractivity contribution >= 4 is 11.8 Å². The maximum atomic E-state index is 4.00. The fourth-order valence-electron chi connectivity index (χ4n) is 0.981. The highest BCUT2D eigenvalue weighted by atomic mass is 32.2. The molecule has 0 rings (SSSR count). The van der Waals surface area contributed by atoms with Crippen LogP contribution in [0.15, 0.2) is 59.6 Å². The molecule has 0 saturated heterocycles. The van der Waals surface area contributed by atoms with Gasteiger partial charge in [-0.1, -0.05) is 159 Å². The van der Waals surface area contributed by atoms with Gasteiger partial charge in [-0.3, -0.25) is 0 Å². The molecule has 0 bridgehead atoms. The minimum absolute atomic E-state index is 1.08. The van der Waals surface area contributed by atoms with Crippen LogP contribution in [0.3, 0.4) is 0 Å². The van der Waals surface area contributed by atoms with Crippen LogP contribution in [-0.4, -0.2) is 5.75 Å². The average Bonchev–Trinajstić information content (AvgIpc) is 3.03. The van der Waals surface area contributed by atoms with Gasteiger partial charge in [0, 0.05) is 5.75 Å². The van der Waals surface area contributed by atoms with Gasteiger partial charge in [-0.25, -0.2) is 0 Å². The van der Waals surface area contributed by atoms with E-state index in [0.29, 0.717) is 0 Å². The van der Waals surface area contributed by atoms with E-state index in [-0.39, 0.29) is 0 Å². The molecule has 0 atom stereocenters. The first-order valence-corrected chi connectivity index (χ1v) is 16.2. The summed E-state index contributed by atoms with van der Waals surface area (Å²) in [6, 6.07) is 0. The Morgan fingerprint density at radius 3 is 0.946 bits per heavy atom. The van der Waals surface area contributed by atoms with Crippen LogP contribution < -0.4 is 0 Å². The number of allylic oxidation sites excluding steroid dienone is 9. The zero-order chi connectivity index (χ0) is 32.8. The third-order valence-corrected chi connectivity index (χ3v) is 3.41. The van der Waals surface area contributed by atoms with Gasteiger partial charge in [0.15, 0.2) is 0 Å². The number of rotatable bonds is 6. The highest BCUT2D eigenvalue weighted by Gasteiger charge is 1.91. The van der Waals surface area contributed by atoms with E-state index in [1.54, 1.807) is 0 Å². The van der Waals surface area contributed by atoms with Gasteiger partial charge in [0.2, 0.25) is 0 Å². The van der Waals surface area contributed by atoms with Crippen molar-refractivity contribution in [3.8, 4) is 12.8 Å². The molecule has 0 saturated carbocycles. The normalized spacial score (nSPS) is 7.92. The highest BCUT2D eigenvalue weighted by Crippen LogP contribution is 2.19. The second-order valence-corrected chi connectivity index (χ2v) is 5.20. The van der Waals surface area contributed by atoms with Crippen LogP contribution in [0, 0.1) is 12.8 Å². The van der Waals surface area contributed by atoms with Crippen LogP contribution in [0.5, 0.6) is 0 Å². The van der Waals surface area contributed by atoms with Crippen LogP contribution in [0.2, 0.25) is 0 Å². The van der Waals surface area contributed by atoms with E-state index in [2.05, 4.69) is 83.1 Å². The summed E-state index contributed by atoms with van der Waals surface area (Å²) in [5, 5.41) is 0. The monoisotopic (exact) mass is 545 g/mol. The van der Waals surface area contributed by atoms with Gasteiger partial charge < -0.3 is 0 Å². The molecule has 0 amide bonds. The Morgan fingerprint density at radius 1 is 0.486 bits per heavy atom. The number of thioether (sulfide) groups is 1. The van der Waals surface area contributed by atoms with E-state index in [1.165, 1.54) is 4.91 Å². The average molecular weight is 545 g/mol. The number of terminal acetylenes is 1. The van der Waals surface area contributed by atoms with Crippen molar-refractivity contribution < 1.29 is 0 Å². The van der Waals surface area contributed by atoms with Gasteiger partial charge in [0.25, 0.3) is 0 Å². The predicted molar refractivity (Wildman–Crippen MR) is 195 cm³/mol. The molecule has 0 fully saturated rings. The Morgan fingerprint density at radius 2 is 0.784 bits per heavy atom. The molecule has 0 aliphatic carbocycles. The van der Waals surface area contributed by atoms with Gasteiger partial charge in [-0.15, -0.1) is 24.6 Å². The fourth-order valence-corrected chi connectivity index (χ4v) is 1.86. The number of hydrogen-bond acceptors (Lipinski definition) is 1. The summed E-state index contributed by atoms with van der Waals surface area (Å²) in [7, 11) is 0. The Labute approximate surface area is 247 Å². The lowest BCUT2D eigenvalue weighted by atomic mass is 10.3. The molecule has 37 heavy (non-hydrogen) atoms. The third kappa shape index (κ3) is 231. The second kappa shape index (κ2) is 183. The first kappa shape index (κ1) is 70.4. The molecule has 0 aromatic heterocycles. The van der Waals surface area contributed by atoms with Crippen LogP contribution in [0.4, 0.5) is 0 Å². The first-order valence-electron chi connectivity index (χ1n) is 15.2. The lowest BCUT2D eigenvalue weighted by Crippen LogP contribution is -1.76. The minimum atomic E-state index is 1.08. The highest BCUT2D eigenvalue weighted by molar-refractivity contribution is 8.03. The lowest BCUT2D eigenvalue weighted by Gasteiger charge is -1.99. The van der Waals surface area contributed by atoms with Crippen molar-refractivity contribution in [3.05, 3.63) is 59.6 Å². The van der Waals surface area contributed by atoms with Crippen LogP contribution in [-0.2, 0) is 0 Å². The Kier molecular flexibility index (Phi) is 349.